The van der Waals surface area contributed by atoms with Crippen molar-refractivity contribution in [3.8, 4) is 0 Å². The van der Waals surface area contributed by atoms with Gasteiger partial charge in [-0.2, -0.15) is 4.39 Å². The number of rotatable bonds is 4. The number of nitro benzene ring substituents is 1. The Hall–Kier alpha value is -3.03. The lowest BCUT2D eigenvalue weighted by Crippen LogP contribution is -2.02. The third-order valence-corrected chi connectivity index (χ3v) is 2.65. The van der Waals surface area contributed by atoms with Crippen LogP contribution in [0.3, 0.4) is 0 Å². The number of para-hydroxylation sites is 1. The fraction of sp³-hybridized carbons (Fsp3) is 0. The molecule has 0 unspecified atom stereocenters. The van der Waals surface area contributed by atoms with Gasteiger partial charge < -0.3 is 10.4 Å². The molecule has 2 aromatic rings. The van der Waals surface area contributed by atoms with E-state index in [9.17, 15) is 23.7 Å². The van der Waals surface area contributed by atoms with E-state index >= 15 is 0 Å². The molecule has 0 aromatic heterocycles. The first kappa shape index (κ1) is 14.4. The van der Waals surface area contributed by atoms with Crippen LogP contribution in [0.4, 0.5) is 25.8 Å². The molecule has 0 atom stereocenters. The van der Waals surface area contributed by atoms with Crippen molar-refractivity contribution in [3.63, 3.8) is 0 Å². The lowest BCUT2D eigenvalue weighted by atomic mass is 10.2. The Bertz CT molecular complexity index is 734. The fourth-order valence-corrected chi connectivity index (χ4v) is 1.70. The number of carbonyl (C=O) groups is 1. The summed E-state index contributed by atoms with van der Waals surface area (Å²) in [7, 11) is 0. The molecule has 2 aromatic carbocycles. The molecule has 0 bridgehead atoms. The molecule has 2 N–H and O–H groups in total. The zero-order valence-electron chi connectivity index (χ0n) is 10.3. The summed E-state index contributed by atoms with van der Waals surface area (Å²) in [6.07, 6.45) is 0. The molecular weight excluding hydrogens is 286 g/mol. The molecule has 0 amide bonds. The van der Waals surface area contributed by atoms with Crippen LogP contribution in [0.25, 0.3) is 0 Å². The molecule has 2 rings (SSSR count). The van der Waals surface area contributed by atoms with Crippen LogP contribution in [0.1, 0.15) is 10.4 Å². The minimum atomic E-state index is -1.31. The van der Waals surface area contributed by atoms with Gasteiger partial charge in [-0.05, 0) is 30.3 Å². The topological polar surface area (TPSA) is 92.5 Å². The number of anilines is 2. The number of hydrogen-bond donors (Lipinski definition) is 2. The standard InChI is InChI=1S/C13H8F2N2O4/c14-8-2-1-3-11(12(8)17(20)21)16-10-5-4-7(13(18)19)6-9(10)15/h1-6,16H,(H,18,19). The number of nitrogens with zero attached hydrogens (tertiary/aromatic N) is 1. The van der Waals surface area contributed by atoms with Crippen molar-refractivity contribution in [1.29, 1.82) is 0 Å². The highest BCUT2D eigenvalue weighted by Gasteiger charge is 2.20. The highest BCUT2D eigenvalue weighted by molar-refractivity contribution is 5.88. The zero-order chi connectivity index (χ0) is 15.6. The molecule has 0 aliphatic rings. The molecule has 0 aliphatic heterocycles. The van der Waals surface area contributed by atoms with Gasteiger partial charge in [0, 0.05) is 0 Å². The number of nitro groups is 1. The van der Waals surface area contributed by atoms with Crippen LogP contribution in [0.2, 0.25) is 0 Å². The maximum absolute atomic E-state index is 13.7. The quantitative estimate of drug-likeness (QED) is 0.666. The van der Waals surface area contributed by atoms with Gasteiger partial charge in [-0.25, -0.2) is 9.18 Å². The van der Waals surface area contributed by atoms with E-state index in [1.165, 1.54) is 12.1 Å². The fourth-order valence-electron chi connectivity index (χ4n) is 1.70. The highest BCUT2D eigenvalue weighted by atomic mass is 19.1. The number of nitrogens with one attached hydrogen (secondary N) is 1. The second-order valence-electron chi connectivity index (χ2n) is 4.02. The lowest BCUT2D eigenvalue weighted by molar-refractivity contribution is -0.386. The van der Waals surface area contributed by atoms with Gasteiger partial charge in [0.1, 0.15) is 11.5 Å². The van der Waals surface area contributed by atoms with Crippen molar-refractivity contribution >= 4 is 23.0 Å². The molecular formula is C13H8F2N2O4. The van der Waals surface area contributed by atoms with Gasteiger partial charge in [-0.15, -0.1) is 0 Å². The normalized spacial score (nSPS) is 10.2. The van der Waals surface area contributed by atoms with E-state index in [-0.39, 0.29) is 16.9 Å². The zero-order valence-corrected chi connectivity index (χ0v) is 10.3. The molecule has 108 valence electrons. The Balaban J connectivity index is 2.42. The number of carboxylic acids is 1. The van der Waals surface area contributed by atoms with Gasteiger partial charge in [-0.3, -0.25) is 10.1 Å². The Morgan fingerprint density at radius 1 is 1.14 bits per heavy atom. The summed E-state index contributed by atoms with van der Waals surface area (Å²) in [6, 6.07) is 6.34. The van der Waals surface area contributed by atoms with E-state index in [1.807, 2.05) is 0 Å². The molecule has 21 heavy (non-hydrogen) atoms. The molecule has 6 nitrogen and oxygen atoms in total. The van der Waals surface area contributed by atoms with E-state index in [2.05, 4.69) is 5.32 Å². The Morgan fingerprint density at radius 2 is 1.86 bits per heavy atom. The smallest absolute Gasteiger partial charge is 0.335 e. The van der Waals surface area contributed by atoms with Gasteiger partial charge in [0.05, 0.1) is 16.2 Å². The predicted octanol–water partition coefficient (Wildman–Crippen LogP) is 3.31. The third kappa shape index (κ3) is 2.94. The summed E-state index contributed by atoms with van der Waals surface area (Å²) in [4.78, 5) is 20.6. The SMILES string of the molecule is O=C(O)c1ccc(Nc2cccc(F)c2[N+](=O)[O-])c(F)c1. The molecule has 0 aliphatic carbocycles. The van der Waals surface area contributed by atoms with Gasteiger partial charge in [0.25, 0.3) is 0 Å². The molecule has 0 saturated heterocycles. The first-order valence-electron chi connectivity index (χ1n) is 5.63. The van der Waals surface area contributed by atoms with Crippen molar-refractivity contribution in [1.82, 2.24) is 0 Å². The van der Waals surface area contributed by atoms with Crippen molar-refractivity contribution in [2.75, 3.05) is 5.32 Å². The van der Waals surface area contributed by atoms with Crippen LogP contribution in [0.5, 0.6) is 0 Å². The van der Waals surface area contributed by atoms with Crippen LogP contribution in [0.15, 0.2) is 36.4 Å². The second kappa shape index (κ2) is 5.53. The molecule has 8 heteroatoms. The molecule has 0 fully saturated rings. The summed E-state index contributed by atoms with van der Waals surface area (Å²) in [6.45, 7) is 0. The molecule has 0 spiro atoms. The molecule has 0 saturated carbocycles. The predicted molar refractivity (Wildman–Crippen MR) is 69.7 cm³/mol. The molecule has 0 heterocycles. The van der Waals surface area contributed by atoms with Crippen LogP contribution in [-0.2, 0) is 0 Å². The second-order valence-corrected chi connectivity index (χ2v) is 4.02. The van der Waals surface area contributed by atoms with E-state index < -0.39 is 28.2 Å². The van der Waals surface area contributed by atoms with Crippen molar-refractivity contribution < 1.29 is 23.6 Å². The number of benzene rings is 2. The Morgan fingerprint density at radius 3 is 2.43 bits per heavy atom. The Labute approximate surface area is 116 Å². The number of halogens is 2. The van der Waals surface area contributed by atoms with Crippen molar-refractivity contribution in [2.45, 2.75) is 0 Å². The van der Waals surface area contributed by atoms with Gasteiger partial charge >= 0.3 is 11.7 Å². The first-order valence-corrected chi connectivity index (χ1v) is 5.63. The van der Waals surface area contributed by atoms with E-state index in [4.69, 9.17) is 5.11 Å². The summed E-state index contributed by atoms with van der Waals surface area (Å²) in [5.41, 5.74) is -1.53. The van der Waals surface area contributed by atoms with E-state index in [0.29, 0.717) is 0 Å². The highest BCUT2D eigenvalue weighted by Crippen LogP contribution is 2.31. The van der Waals surface area contributed by atoms with E-state index in [0.717, 1.165) is 24.3 Å². The third-order valence-electron chi connectivity index (χ3n) is 2.65. The summed E-state index contributed by atoms with van der Waals surface area (Å²) in [5.74, 6) is -3.29. The maximum atomic E-state index is 13.7. The summed E-state index contributed by atoms with van der Waals surface area (Å²) >= 11 is 0. The van der Waals surface area contributed by atoms with Crippen molar-refractivity contribution in [3.05, 3.63) is 63.7 Å². The average Bonchev–Trinajstić information content (AvgIpc) is 2.40. The monoisotopic (exact) mass is 294 g/mol. The number of aromatic carboxylic acids is 1. The Kier molecular flexibility index (Phi) is 3.79. The molecule has 0 radical (unpaired) electrons. The maximum Gasteiger partial charge on any atom is 0.335 e. The number of carboxylic acid groups (broad SMARTS) is 1. The van der Waals surface area contributed by atoms with Crippen LogP contribution in [-0.4, -0.2) is 16.0 Å². The average molecular weight is 294 g/mol. The van der Waals surface area contributed by atoms with Gasteiger partial charge in [0.2, 0.25) is 5.82 Å². The van der Waals surface area contributed by atoms with Crippen molar-refractivity contribution in [2.24, 2.45) is 0 Å². The van der Waals surface area contributed by atoms with Gasteiger partial charge in [0.15, 0.2) is 0 Å². The van der Waals surface area contributed by atoms with Crippen LogP contribution < -0.4 is 5.32 Å². The van der Waals surface area contributed by atoms with Crippen LogP contribution in [0, 0.1) is 21.7 Å². The minimum Gasteiger partial charge on any atom is -0.478 e. The van der Waals surface area contributed by atoms with Crippen LogP contribution >= 0.6 is 0 Å². The first-order chi connectivity index (χ1) is 9.90. The summed E-state index contributed by atoms with van der Waals surface area (Å²) < 4.78 is 27.2. The lowest BCUT2D eigenvalue weighted by Gasteiger charge is -2.09. The largest absolute Gasteiger partial charge is 0.478 e. The van der Waals surface area contributed by atoms with E-state index in [1.54, 1.807) is 0 Å². The number of hydrogen-bond acceptors (Lipinski definition) is 4. The summed E-state index contributed by atoms with van der Waals surface area (Å²) in [5, 5.41) is 21.9. The van der Waals surface area contributed by atoms with Gasteiger partial charge in [-0.1, -0.05) is 6.07 Å². The minimum absolute atomic E-state index is 0.200.